The maximum atomic E-state index is 6.07. The minimum absolute atomic E-state index is 0.369. The summed E-state index contributed by atoms with van der Waals surface area (Å²) in [4.78, 5) is 13.1. The Morgan fingerprint density at radius 1 is 1.22 bits per heavy atom. The van der Waals surface area contributed by atoms with Crippen molar-refractivity contribution in [1.82, 2.24) is 19.5 Å². The average molecular weight is 378 g/mol. The Morgan fingerprint density at radius 2 is 2.00 bits per heavy atom. The first-order chi connectivity index (χ1) is 12.9. The molecule has 0 aromatic carbocycles. The minimum Gasteiger partial charge on any atom is -0.396 e. The van der Waals surface area contributed by atoms with Gasteiger partial charge in [0.1, 0.15) is 10.8 Å². The first-order valence-electron chi connectivity index (χ1n) is 8.54. The van der Waals surface area contributed by atoms with Crippen LogP contribution in [0.25, 0.3) is 11.4 Å². The first kappa shape index (κ1) is 18.7. The Bertz CT molecular complexity index is 1070. The fourth-order valence-electron chi connectivity index (χ4n) is 2.68. The van der Waals surface area contributed by atoms with Gasteiger partial charge in [-0.15, -0.1) is 0 Å². The molecule has 5 nitrogen and oxygen atoms in total. The molecule has 0 amide bonds. The van der Waals surface area contributed by atoms with Crippen molar-refractivity contribution < 1.29 is 0 Å². The van der Waals surface area contributed by atoms with E-state index < -0.39 is 0 Å². The summed E-state index contributed by atoms with van der Waals surface area (Å²) >= 11 is 6.07. The molecule has 27 heavy (non-hydrogen) atoms. The van der Waals surface area contributed by atoms with Gasteiger partial charge < -0.3 is 5.73 Å². The number of imidazole rings is 1. The quantitative estimate of drug-likeness (QED) is 0.556. The number of pyridine rings is 2. The van der Waals surface area contributed by atoms with Crippen molar-refractivity contribution in [3.63, 3.8) is 0 Å². The number of hydrogen-bond donors (Lipinski definition) is 1. The molecule has 2 N–H and O–H groups in total. The van der Waals surface area contributed by atoms with Gasteiger partial charge in [0.15, 0.2) is 5.82 Å². The molecule has 0 saturated heterocycles. The highest BCUT2D eigenvalue weighted by atomic mass is 35.5. The van der Waals surface area contributed by atoms with Crippen LogP contribution in [0, 0.1) is 25.7 Å². The molecule has 3 aromatic rings. The Hall–Kier alpha value is -3.10. The molecule has 0 bridgehead atoms. The lowest BCUT2D eigenvalue weighted by atomic mass is 10.1. The molecule has 0 spiro atoms. The Labute approximate surface area is 163 Å². The van der Waals surface area contributed by atoms with E-state index in [1.165, 1.54) is 0 Å². The third-order valence-corrected chi connectivity index (χ3v) is 4.66. The number of hydrogen-bond acceptors (Lipinski definition) is 4. The monoisotopic (exact) mass is 377 g/mol. The van der Waals surface area contributed by atoms with Crippen LogP contribution in [-0.2, 0) is 6.42 Å². The van der Waals surface area contributed by atoms with Crippen molar-refractivity contribution in [2.75, 3.05) is 0 Å². The smallest absolute Gasteiger partial charge is 0.161 e. The summed E-state index contributed by atoms with van der Waals surface area (Å²) < 4.78 is 1.92. The average Bonchev–Trinajstić information content (AvgIpc) is 3.00. The van der Waals surface area contributed by atoms with Crippen LogP contribution in [0.2, 0.25) is 5.15 Å². The Morgan fingerprint density at radius 3 is 2.63 bits per heavy atom. The number of nitrogens with two attached hydrogens (primary N) is 1. The predicted octanol–water partition coefficient (Wildman–Crippen LogP) is 3.82. The largest absolute Gasteiger partial charge is 0.396 e. The molecule has 0 atom stereocenters. The summed E-state index contributed by atoms with van der Waals surface area (Å²) in [6.07, 6.45) is 4.33. The molecule has 3 heterocycles. The maximum Gasteiger partial charge on any atom is 0.161 e. The summed E-state index contributed by atoms with van der Waals surface area (Å²) in [7, 11) is 0. The van der Waals surface area contributed by atoms with E-state index in [2.05, 4.69) is 40.3 Å². The number of rotatable bonds is 3. The zero-order chi connectivity index (χ0) is 19.6. The fraction of sp³-hybridized carbons (Fsp3) is 0.190. The molecule has 0 radical (unpaired) electrons. The first-order valence-corrected chi connectivity index (χ1v) is 8.92. The third-order valence-electron chi connectivity index (χ3n) is 4.28. The van der Waals surface area contributed by atoms with Crippen molar-refractivity contribution >= 4 is 17.3 Å². The van der Waals surface area contributed by atoms with Gasteiger partial charge in [0.2, 0.25) is 0 Å². The summed E-state index contributed by atoms with van der Waals surface area (Å²) in [6, 6.07) is 5.82. The van der Waals surface area contributed by atoms with Gasteiger partial charge in [-0.05, 0) is 44.4 Å². The van der Waals surface area contributed by atoms with Crippen molar-refractivity contribution in [2.24, 2.45) is 5.73 Å². The SMILES string of the molecule is C=C(N)c1nc(C#Cc2ccnc(Cl)c2C)c(C)n1-c1ccc(CC)nc1. The maximum absolute atomic E-state index is 6.07. The third kappa shape index (κ3) is 3.71. The van der Waals surface area contributed by atoms with Gasteiger partial charge in [-0.1, -0.05) is 31.0 Å². The molecular formula is C21H20ClN5. The predicted molar refractivity (Wildman–Crippen MR) is 109 cm³/mol. The van der Waals surface area contributed by atoms with E-state index in [4.69, 9.17) is 17.3 Å². The van der Waals surface area contributed by atoms with Gasteiger partial charge in [-0.2, -0.15) is 0 Å². The number of aromatic nitrogens is 4. The van der Waals surface area contributed by atoms with Crippen molar-refractivity contribution in [2.45, 2.75) is 27.2 Å². The van der Waals surface area contributed by atoms with Crippen LogP contribution >= 0.6 is 11.6 Å². The lowest BCUT2D eigenvalue weighted by Gasteiger charge is -2.09. The van der Waals surface area contributed by atoms with Gasteiger partial charge in [-0.3, -0.25) is 9.55 Å². The summed E-state index contributed by atoms with van der Waals surface area (Å²) in [5.41, 5.74) is 11.4. The molecule has 136 valence electrons. The zero-order valence-corrected chi connectivity index (χ0v) is 16.3. The molecule has 0 aliphatic heterocycles. The van der Waals surface area contributed by atoms with Gasteiger partial charge in [0.05, 0.1) is 23.3 Å². The second-order valence-electron chi connectivity index (χ2n) is 6.12. The normalized spacial score (nSPS) is 10.4. The number of halogens is 1. The van der Waals surface area contributed by atoms with Gasteiger partial charge in [-0.25, -0.2) is 9.97 Å². The number of nitrogens with zero attached hydrogens (tertiary/aromatic N) is 4. The van der Waals surface area contributed by atoms with E-state index in [-0.39, 0.29) is 0 Å². The van der Waals surface area contributed by atoms with Crippen LogP contribution in [0.5, 0.6) is 0 Å². The van der Waals surface area contributed by atoms with E-state index in [0.29, 0.717) is 22.4 Å². The van der Waals surface area contributed by atoms with E-state index in [0.717, 1.165) is 34.6 Å². The summed E-state index contributed by atoms with van der Waals surface area (Å²) in [5.74, 6) is 6.81. The highest BCUT2D eigenvalue weighted by Crippen LogP contribution is 2.21. The van der Waals surface area contributed by atoms with E-state index >= 15 is 0 Å². The van der Waals surface area contributed by atoms with E-state index in [9.17, 15) is 0 Å². The van der Waals surface area contributed by atoms with Gasteiger partial charge in [0.25, 0.3) is 0 Å². The second kappa shape index (κ2) is 7.65. The summed E-state index contributed by atoms with van der Waals surface area (Å²) in [5, 5.41) is 0.446. The molecule has 0 saturated carbocycles. The highest BCUT2D eigenvalue weighted by molar-refractivity contribution is 6.30. The van der Waals surface area contributed by atoms with Crippen molar-refractivity contribution in [1.29, 1.82) is 0 Å². The van der Waals surface area contributed by atoms with Crippen LogP contribution < -0.4 is 5.73 Å². The topological polar surface area (TPSA) is 69.6 Å². The summed E-state index contributed by atoms with van der Waals surface area (Å²) in [6.45, 7) is 9.75. The van der Waals surface area contributed by atoms with Crippen molar-refractivity contribution in [3.05, 3.63) is 76.4 Å². The van der Waals surface area contributed by atoms with Crippen molar-refractivity contribution in [3.8, 4) is 17.5 Å². The fourth-order valence-corrected chi connectivity index (χ4v) is 2.84. The van der Waals surface area contributed by atoms with Crippen LogP contribution in [0.4, 0.5) is 0 Å². The molecule has 0 aliphatic carbocycles. The lowest BCUT2D eigenvalue weighted by molar-refractivity contribution is 0.946. The van der Waals surface area contributed by atoms with Gasteiger partial charge >= 0.3 is 0 Å². The van der Waals surface area contributed by atoms with Crippen LogP contribution in [-0.4, -0.2) is 19.5 Å². The highest BCUT2D eigenvalue weighted by Gasteiger charge is 2.15. The molecule has 0 aliphatic rings. The molecule has 0 fully saturated rings. The second-order valence-corrected chi connectivity index (χ2v) is 6.47. The standard InChI is InChI=1S/C21H20ClN5/c1-5-17-7-8-18(12-25-17)27-15(4)19(26-21(27)14(3)23)9-6-16-10-11-24-20(22)13(16)2/h7-8,10-12H,3,5,23H2,1-2,4H3. The molecular weight excluding hydrogens is 358 g/mol. The van der Waals surface area contributed by atoms with Crippen LogP contribution in [0.3, 0.4) is 0 Å². The molecule has 3 rings (SSSR count). The van der Waals surface area contributed by atoms with E-state index in [1.54, 1.807) is 6.20 Å². The minimum atomic E-state index is 0.369. The Balaban J connectivity index is 2.10. The van der Waals surface area contributed by atoms with Crippen LogP contribution in [0.15, 0.2) is 37.2 Å². The molecule has 6 heteroatoms. The van der Waals surface area contributed by atoms with E-state index in [1.807, 2.05) is 42.8 Å². The lowest BCUT2D eigenvalue weighted by Crippen LogP contribution is -2.07. The number of aryl methyl sites for hydroxylation is 1. The Kier molecular flexibility index (Phi) is 5.29. The van der Waals surface area contributed by atoms with Gasteiger partial charge in [0, 0.05) is 23.0 Å². The molecule has 0 unspecified atom stereocenters. The molecule has 3 aromatic heterocycles. The van der Waals surface area contributed by atoms with Crippen LogP contribution in [0.1, 0.15) is 41.0 Å². The zero-order valence-electron chi connectivity index (χ0n) is 15.5.